The van der Waals surface area contributed by atoms with Gasteiger partial charge in [0.25, 0.3) is 0 Å². The van der Waals surface area contributed by atoms with Crippen molar-refractivity contribution in [3.63, 3.8) is 0 Å². The highest BCUT2D eigenvalue weighted by molar-refractivity contribution is 5.81. The summed E-state index contributed by atoms with van der Waals surface area (Å²) in [5.41, 5.74) is 0. The van der Waals surface area contributed by atoms with E-state index in [2.05, 4.69) is 0 Å². The Hall–Kier alpha value is -1.97. The number of ether oxygens (including phenoxy) is 3. The van der Waals surface area contributed by atoms with Crippen molar-refractivity contribution in [1.82, 2.24) is 0 Å². The standard InChI is InChI=1S/C15H20O4/c1-3-11-18-13-8-5-6-9-14(13)19-12-7-10-15(16)17-4-2/h5-10H,3-4,11-12H2,1-2H3/b10-7+. The normalized spacial score (nSPS) is 10.4. The summed E-state index contributed by atoms with van der Waals surface area (Å²) in [5.74, 6) is 1.03. The third-order valence-electron chi connectivity index (χ3n) is 2.19. The lowest BCUT2D eigenvalue weighted by Gasteiger charge is -2.10. The minimum atomic E-state index is -0.360. The van der Waals surface area contributed by atoms with Crippen molar-refractivity contribution in [3.05, 3.63) is 36.4 Å². The topological polar surface area (TPSA) is 44.8 Å². The third kappa shape index (κ3) is 5.95. The van der Waals surface area contributed by atoms with Gasteiger partial charge in [0.05, 0.1) is 13.2 Å². The van der Waals surface area contributed by atoms with Gasteiger partial charge < -0.3 is 14.2 Å². The Morgan fingerprint density at radius 3 is 2.47 bits per heavy atom. The van der Waals surface area contributed by atoms with E-state index in [1.807, 2.05) is 31.2 Å². The molecule has 0 saturated heterocycles. The van der Waals surface area contributed by atoms with Crippen LogP contribution in [0.2, 0.25) is 0 Å². The number of rotatable bonds is 8. The molecule has 0 aromatic heterocycles. The molecule has 0 saturated carbocycles. The molecule has 0 heterocycles. The molecule has 4 nitrogen and oxygen atoms in total. The molecule has 0 aliphatic heterocycles. The second kappa shape index (κ2) is 9.03. The smallest absolute Gasteiger partial charge is 0.330 e. The highest BCUT2D eigenvalue weighted by Crippen LogP contribution is 2.26. The quantitative estimate of drug-likeness (QED) is 0.535. The summed E-state index contributed by atoms with van der Waals surface area (Å²) < 4.78 is 15.9. The van der Waals surface area contributed by atoms with Gasteiger partial charge in [0.15, 0.2) is 11.5 Å². The molecule has 0 unspecified atom stereocenters. The number of hydrogen-bond donors (Lipinski definition) is 0. The summed E-state index contributed by atoms with van der Waals surface area (Å²) in [6.45, 7) is 5.14. The molecule has 0 amide bonds. The van der Waals surface area contributed by atoms with Gasteiger partial charge in [0.1, 0.15) is 6.61 Å². The molecule has 0 bridgehead atoms. The Labute approximate surface area is 114 Å². The van der Waals surface area contributed by atoms with Crippen molar-refractivity contribution >= 4 is 5.97 Å². The zero-order valence-corrected chi connectivity index (χ0v) is 11.4. The summed E-state index contributed by atoms with van der Waals surface area (Å²) in [6.07, 6.45) is 3.92. The van der Waals surface area contributed by atoms with Crippen LogP contribution in [0.4, 0.5) is 0 Å². The first kappa shape index (κ1) is 15.1. The average molecular weight is 264 g/mol. The maximum absolute atomic E-state index is 11.1. The van der Waals surface area contributed by atoms with E-state index in [0.29, 0.717) is 31.3 Å². The van der Waals surface area contributed by atoms with Crippen LogP contribution < -0.4 is 9.47 Å². The second-order valence-corrected chi connectivity index (χ2v) is 3.76. The first-order valence-corrected chi connectivity index (χ1v) is 6.45. The number of hydrogen-bond acceptors (Lipinski definition) is 4. The van der Waals surface area contributed by atoms with Crippen molar-refractivity contribution in [3.8, 4) is 11.5 Å². The molecule has 4 heteroatoms. The summed E-state index contributed by atoms with van der Waals surface area (Å²) in [7, 11) is 0. The lowest BCUT2D eigenvalue weighted by Crippen LogP contribution is -2.02. The van der Waals surface area contributed by atoms with Gasteiger partial charge in [-0.3, -0.25) is 0 Å². The Balaban J connectivity index is 2.46. The maximum atomic E-state index is 11.1. The molecule has 0 radical (unpaired) electrons. The van der Waals surface area contributed by atoms with Gasteiger partial charge >= 0.3 is 5.97 Å². The van der Waals surface area contributed by atoms with Crippen LogP contribution in [0.3, 0.4) is 0 Å². The lowest BCUT2D eigenvalue weighted by molar-refractivity contribution is -0.137. The molecule has 0 fully saturated rings. The molecule has 1 rings (SSSR count). The molecule has 0 spiro atoms. The number of carbonyl (C=O) groups excluding carboxylic acids is 1. The SMILES string of the molecule is CCCOc1ccccc1OC/C=C/C(=O)OCC. The number of carbonyl (C=O) groups is 1. The van der Waals surface area contributed by atoms with Gasteiger partial charge in [0, 0.05) is 6.08 Å². The van der Waals surface area contributed by atoms with Crippen molar-refractivity contribution in [2.75, 3.05) is 19.8 Å². The summed E-state index contributed by atoms with van der Waals surface area (Å²) >= 11 is 0. The van der Waals surface area contributed by atoms with Gasteiger partial charge in [-0.2, -0.15) is 0 Å². The fourth-order valence-electron chi connectivity index (χ4n) is 1.37. The monoisotopic (exact) mass is 264 g/mol. The molecule has 1 aromatic carbocycles. The minimum absolute atomic E-state index is 0.297. The van der Waals surface area contributed by atoms with Crippen LogP contribution >= 0.6 is 0 Å². The van der Waals surface area contributed by atoms with Gasteiger partial charge in [-0.15, -0.1) is 0 Å². The van der Waals surface area contributed by atoms with Gasteiger partial charge in [-0.05, 0) is 31.6 Å². The third-order valence-corrected chi connectivity index (χ3v) is 2.19. The number of para-hydroxylation sites is 2. The molecular weight excluding hydrogens is 244 g/mol. The predicted octanol–water partition coefficient (Wildman–Crippen LogP) is 2.97. The maximum Gasteiger partial charge on any atom is 0.330 e. The largest absolute Gasteiger partial charge is 0.490 e. The van der Waals surface area contributed by atoms with Gasteiger partial charge in [0.2, 0.25) is 0 Å². The summed E-state index contributed by atoms with van der Waals surface area (Å²) in [6, 6.07) is 7.47. The fraction of sp³-hybridized carbons (Fsp3) is 0.400. The first-order valence-electron chi connectivity index (χ1n) is 6.45. The van der Waals surface area contributed by atoms with E-state index in [0.717, 1.165) is 6.42 Å². The zero-order valence-electron chi connectivity index (χ0n) is 11.4. The Morgan fingerprint density at radius 1 is 1.16 bits per heavy atom. The van der Waals surface area contributed by atoms with Crippen molar-refractivity contribution in [2.24, 2.45) is 0 Å². The Kier molecular flexibility index (Phi) is 7.17. The molecule has 0 aliphatic rings. The van der Waals surface area contributed by atoms with E-state index in [-0.39, 0.29) is 5.97 Å². The Morgan fingerprint density at radius 2 is 1.84 bits per heavy atom. The van der Waals surface area contributed by atoms with E-state index in [9.17, 15) is 4.79 Å². The van der Waals surface area contributed by atoms with E-state index in [4.69, 9.17) is 14.2 Å². The fourth-order valence-corrected chi connectivity index (χ4v) is 1.37. The van der Waals surface area contributed by atoms with E-state index in [1.165, 1.54) is 6.08 Å². The Bertz CT molecular complexity index is 412. The minimum Gasteiger partial charge on any atom is -0.490 e. The lowest BCUT2D eigenvalue weighted by atomic mass is 10.3. The van der Waals surface area contributed by atoms with Crippen molar-refractivity contribution in [2.45, 2.75) is 20.3 Å². The van der Waals surface area contributed by atoms with Gasteiger partial charge in [-0.1, -0.05) is 19.1 Å². The zero-order chi connectivity index (χ0) is 13.9. The molecule has 104 valence electrons. The first-order chi connectivity index (χ1) is 9.27. The van der Waals surface area contributed by atoms with Crippen LogP contribution in [0.1, 0.15) is 20.3 Å². The predicted molar refractivity (Wildman–Crippen MR) is 73.5 cm³/mol. The van der Waals surface area contributed by atoms with E-state index in [1.54, 1.807) is 13.0 Å². The molecule has 1 aromatic rings. The average Bonchev–Trinajstić information content (AvgIpc) is 2.42. The van der Waals surface area contributed by atoms with Crippen molar-refractivity contribution < 1.29 is 19.0 Å². The number of esters is 1. The second-order valence-electron chi connectivity index (χ2n) is 3.76. The van der Waals surface area contributed by atoms with Gasteiger partial charge in [-0.25, -0.2) is 4.79 Å². The van der Waals surface area contributed by atoms with Crippen LogP contribution in [0.25, 0.3) is 0 Å². The highest BCUT2D eigenvalue weighted by Gasteiger charge is 2.02. The highest BCUT2D eigenvalue weighted by atomic mass is 16.5. The van der Waals surface area contributed by atoms with Crippen LogP contribution in [0, 0.1) is 0 Å². The molecule has 0 atom stereocenters. The van der Waals surface area contributed by atoms with Crippen LogP contribution in [-0.4, -0.2) is 25.8 Å². The molecule has 19 heavy (non-hydrogen) atoms. The molecular formula is C15H20O4. The molecule has 0 aliphatic carbocycles. The summed E-state index contributed by atoms with van der Waals surface area (Å²) in [4.78, 5) is 11.1. The number of benzene rings is 1. The van der Waals surface area contributed by atoms with E-state index >= 15 is 0 Å². The van der Waals surface area contributed by atoms with Crippen LogP contribution in [-0.2, 0) is 9.53 Å². The van der Waals surface area contributed by atoms with Crippen molar-refractivity contribution in [1.29, 1.82) is 0 Å². The van der Waals surface area contributed by atoms with Crippen LogP contribution in [0.5, 0.6) is 11.5 Å². The van der Waals surface area contributed by atoms with E-state index < -0.39 is 0 Å². The molecule has 0 N–H and O–H groups in total. The van der Waals surface area contributed by atoms with Crippen LogP contribution in [0.15, 0.2) is 36.4 Å². The summed E-state index contributed by atoms with van der Waals surface area (Å²) in [5, 5.41) is 0.